The minimum Gasteiger partial charge on any atom is -0.469 e. The van der Waals surface area contributed by atoms with Crippen molar-refractivity contribution in [2.24, 2.45) is 0 Å². The Morgan fingerprint density at radius 2 is 2.00 bits per heavy atom. The van der Waals surface area contributed by atoms with E-state index in [4.69, 9.17) is 4.42 Å². The first-order chi connectivity index (χ1) is 9.82. The van der Waals surface area contributed by atoms with Gasteiger partial charge in [0, 0.05) is 17.2 Å². The van der Waals surface area contributed by atoms with Crippen LogP contribution in [-0.4, -0.2) is 18.1 Å². The van der Waals surface area contributed by atoms with Gasteiger partial charge >= 0.3 is 11.7 Å². The van der Waals surface area contributed by atoms with Crippen molar-refractivity contribution in [3.8, 4) is 0 Å². The van der Waals surface area contributed by atoms with Gasteiger partial charge in [0.2, 0.25) is 0 Å². The minimum atomic E-state index is -0.613. The fraction of sp³-hybridized carbons (Fsp3) is 0.471. The number of rotatable bonds is 3. The summed E-state index contributed by atoms with van der Waals surface area (Å²) in [5, 5.41) is 0.810. The molecule has 1 aromatic carbocycles. The van der Waals surface area contributed by atoms with Gasteiger partial charge in [0.15, 0.2) is 0 Å². The van der Waals surface area contributed by atoms with Crippen molar-refractivity contribution in [1.82, 2.24) is 4.98 Å². The topological polar surface area (TPSA) is 69.4 Å². The second kappa shape index (κ2) is 6.73. The third kappa shape index (κ3) is 3.72. The fourth-order valence-electron chi connectivity index (χ4n) is 2.26. The molecular formula is C17H23NO4. The van der Waals surface area contributed by atoms with E-state index in [-0.39, 0.29) is 25.2 Å². The van der Waals surface area contributed by atoms with Crippen molar-refractivity contribution in [3.05, 3.63) is 40.0 Å². The van der Waals surface area contributed by atoms with Crippen molar-refractivity contribution in [2.75, 3.05) is 7.11 Å². The predicted octanol–water partition coefficient (Wildman–Crippen LogP) is 3.23. The zero-order valence-corrected chi connectivity index (χ0v) is 12.7. The summed E-state index contributed by atoms with van der Waals surface area (Å²) in [5.74, 6) is -0.905. The van der Waals surface area contributed by atoms with Gasteiger partial charge in [0.1, 0.15) is 5.58 Å². The molecule has 0 unspecified atom stereocenters. The Morgan fingerprint density at radius 1 is 1.32 bits per heavy atom. The van der Waals surface area contributed by atoms with Gasteiger partial charge in [0.05, 0.1) is 12.8 Å². The molecule has 0 spiro atoms. The van der Waals surface area contributed by atoms with Crippen LogP contribution in [0.25, 0.3) is 11.0 Å². The Morgan fingerprint density at radius 3 is 2.59 bits per heavy atom. The van der Waals surface area contributed by atoms with Crippen molar-refractivity contribution in [2.45, 2.75) is 46.5 Å². The SMILES string of the molecule is C.COC(=O)CCc1cccc2c(C(C)(C)C)nc(=O)oc12. The molecule has 2 rings (SSSR count). The molecule has 1 heterocycles. The normalized spacial score (nSPS) is 11.1. The number of carbonyl (C=O) groups is 1. The number of methoxy groups -OCH3 is 1. The van der Waals surface area contributed by atoms with E-state index < -0.39 is 5.76 Å². The molecule has 0 fully saturated rings. The lowest BCUT2D eigenvalue weighted by molar-refractivity contribution is -0.140. The number of hydrogen-bond acceptors (Lipinski definition) is 5. The average Bonchev–Trinajstić information content (AvgIpc) is 2.42. The van der Waals surface area contributed by atoms with Crippen LogP contribution in [0.3, 0.4) is 0 Å². The molecule has 5 nitrogen and oxygen atoms in total. The Bertz CT molecular complexity index is 725. The Labute approximate surface area is 130 Å². The van der Waals surface area contributed by atoms with E-state index in [1.807, 2.05) is 39.0 Å². The van der Waals surface area contributed by atoms with Crippen LogP contribution in [0.5, 0.6) is 0 Å². The molecule has 2 aromatic rings. The molecule has 22 heavy (non-hydrogen) atoms. The molecule has 0 aliphatic carbocycles. The first-order valence-corrected chi connectivity index (χ1v) is 6.83. The van der Waals surface area contributed by atoms with Crippen LogP contribution in [0.2, 0.25) is 0 Å². The van der Waals surface area contributed by atoms with Crippen LogP contribution < -0.4 is 5.76 Å². The van der Waals surface area contributed by atoms with Crippen LogP contribution in [0.4, 0.5) is 0 Å². The van der Waals surface area contributed by atoms with E-state index in [1.54, 1.807) is 0 Å². The largest absolute Gasteiger partial charge is 0.469 e. The van der Waals surface area contributed by atoms with E-state index in [0.717, 1.165) is 10.9 Å². The van der Waals surface area contributed by atoms with Crippen molar-refractivity contribution in [1.29, 1.82) is 0 Å². The first-order valence-electron chi connectivity index (χ1n) is 6.83. The average molecular weight is 305 g/mol. The Hall–Kier alpha value is -2.17. The molecule has 0 aliphatic rings. The van der Waals surface area contributed by atoms with Crippen LogP contribution in [0, 0.1) is 0 Å². The number of nitrogens with zero attached hydrogens (tertiary/aromatic N) is 1. The number of aryl methyl sites for hydroxylation is 1. The standard InChI is InChI=1S/C16H19NO4.CH4/c1-16(2,3)14-11-7-5-6-10(8-9-12(18)20-4)13(11)21-15(19)17-14;/h5-7H,8-9H2,1-4H3;1H4. The molecule has 1 aromatic heterocycles. The van der Waals surface area contributed by atoms with Gasteiger partial charge in [-0.3, -0.25) is 4.79 Å². The number of aromatic nitrogens is 1. The highest BCUT2D eigenvalue weighted by atomic mass is 16.5. The summed E-state index contributed by atoms with van der Waals surface area (Å²) >= 11 is 0. The first kappa shape index (κ1) is 17.9. The molecule has 0 aliphatic heterocycles. The lowest BCUT2D eigenvalue weighted by Crippen LogP contribution is -2.20. The minimum absolute atomic E-state index is 0. The van der Waals surface area contributed by atoms with Crippen molar-refractivity contribution in [3.63, 3.8) is 0 Å². The monoisotopic (exact) mass is 305 g/mol. The van der Waals surface area contributed by atoms with Gasteiger partial charge in [-0.1, -0.05) is 40.3 Å². The number of ether oxygens (including phenoxy) is 1. The van der Waals surface area contributed by atoms with Crippen LogP contribution in [0.15, 0.2) is 27.4 Å². The number of benzene rings is 1. The Balaban J connectivity index is 0.00000242. The molecule has 0 N–H and O–H groups in total. The fourth-order valence-corrected chi connectivity index (χ4v) is 2.26. The lowest BCUT2D eigenvalue weighted by atomic mass is 9.88. The molecular weight excluding hydrogens is 282 g/mol. The number of para-hydroxylation sites is 1. The molecule has 0 radical (unpaired) electrons. The Kier molecular flexibility index (Phi) is 5.47. The van der Waals surface area contributed by atoms with Crippen LogP contribution in [-0.2, 0) is 21.4 Å². The van der Waals surface area contributed by atoms with Gasteiger partial charge in [-0.05, 0) is 18.1 Å². The van der Waals surface area contributed by atoms with Gasteiger partial charge in [-0.2, -0.15) is 4.98 Å². The summed E-state index contributed by atoms with van der Waals surface area (Å²) in [5.41, 5.74) is 1.75. The maximum atomic E-state index is 11.7. The smallest absolute Gasteiger partial charge is 0.439 e. The second-order valence-corrected chi connectivity index (χ2v) is 5.95. The van der Waals surface area contributed by atoms with Crippen LogP contribution in [0.1, 0.15) is 45.9 Å². The summed E-state index contributed by atoms with van der Waals surface area (Å²) < 4.78 is 9.92. The number of esters is 1. The summed E-state index contributed by atoms with van der Waals surface area (Å²) in [6.45, 7) is 5.99. The van der Waals surface area contributed by atoms with Gasteiger partial charge < -0.3 is 9.15 Å². The summed E-state index contributed by atoms with van der Waals surface area (Å²) in [6.07, 6.45) is 0.701. The quantitative estimate of drug-likeness (QED) is 0.814. The van der Waals surface area contributed by atoms with E-state index in [1.165, 1.54) is 7.11 Å². The number of hydrogen-bond donors (Lipinski definition) is 0. The number of carbonyl (C=O) groups excluding carboxylic acids is 1. The van der Waals surface area contributed by atoms with Gasteiger partial charge in [0.25, 0.3) is 0 Å². The molecule has 0 atom stereocenters. The van der Waals surface area contributed by atoms with E-state index in [2.05, 4.69) is 9.72 Å². The molecule has 0 saturated heterocycles. The van der Waals surface area contributed by atoms with Crippen molar-refractivity contribution >= 4 is 16.9 Å². The van der Waals surface area contributed by atoms with E-state index in [9.17, 15) is 9.59 Å². The van der Waals surface area contributed by atoms with Crippen LogP contribution >= 0.6 is 0 Å². The maximum absolute atomic E-state index is 11.7. The van der Waals surface area contributed by atoms with Crippen molar-refractivity contribution < 1.29 is 13.9 Å². The lowest BCUT2D eigenvalue weighted by Gasteiger charge is -2.19. The summed E-state index contributed by atoms with van der Waals surface area (Å²) in [4.78, 5) is 27.0. The third-order valence-corrected chi connectivity index (χ3v) is 3.28. The van der Waals surface area contributed by atoms with Gasteiger partial charge in [-0.15, -0.1) is 0 Å². The highest BCUT2D eigenvalue weighted by molar-refractivity contribution is 5.83. The zero-order valence-electron chi connectivity index (χ0n) is 12.7. The van der Waals surface area contributed by atoms with E-state index in [0.29, 0.717) is 17.7 Å². The molecule has 0 saturated carbocycles. The molecule has 120 valence electrons. The highest BCUT2D eigenvalue weighted by Crippen LogP contribution is 2.28. The molecule has 0 amide bonds. The highest BCUT2D eigenvalue weighted by Gasteiger charge is 2.21. The summed E-state index contributed by atoms with van der Waals surface area (Å²) in [6, 6.07) is 5.61. The van der Waals surface area contributed by atoms with E-state index >= 15 is 0 Å². The predicted molar refractivity (Wildman–Crippen MR) is 86.0 cm³/mol. The molecule has 0 bridgehead atoms. The zero-order chi connectivity index (χ0) is 15.6. The maximum Gasteiger partial charge on any atom is 0.439 e. The second-order valence-electron chi connectivity index (χ2n) is 5.95. The molecule has 5 heteroatoms. The third-order valence-electron chi connectivity index (χ3n) is 3.28. The summed E-state index contributed by atoms with van der Waals surface area (Å²) in [7, 11) is 1.35. The van der Waals surface area contributed by atoms with Gasteiger partial charge in [-0.25, -0.2) is 4.79 Å². The number of fused-ring (bicyclic) bond motifs is 1.